The average Bonchev–Trinajstić information content (AvgIpc) is 3.49. The molecule has 2 aromatic carbocycles. The number of oxazole rings is 1. The van der Waals surface area contributed by atoms with E-state index in [4.69, 9.17) is 9.40 Å². The molecule has 2 aromatic heterocycles. The fraction of sp³-hybridized carbons (Fsp3) is 0.333. The SMILES string of the molecule is Cc1cccc(-c2oc(N3CC4CCN(C(=O)c5cc(C)ccc5-n5nccn5)C[C@H]43)nc2C)c1. The lowest BCUT2D eigenvalue weighted by Crippen LogP contribution is -2.65. The van der Waals surface area contributed by atoms with Crippen LogP contribution in [0.25, 0.3) is 17.0 Å². The van der Waals surface area contributed by atoms with E-state index in [1.54, 1.807) is 12.4 Å². The third kappa shape index (κ3) is 3.79. The van der Waals surface area contributed by atoms with Crippen molar-refractivity contribution in [2.24, 2.45) is 5.92 Å². The first-order chi connectivity index (χ1) is 17.0. The number of rotatable bonds is 4. The topological polar surface area (TPSA) is 80.3 Å². The number of carbonyl (C=O) groups excluding carboxylic acids is 1. The molecule has 0 aliphatic carbocycles. The number of amides is 1. The van der Waals surface area contributed by atoms with Crippen LogP contribution in [0.15, 0.2) is 59.3 Å². The van der Waals surface area contributed by atoms with Gasteiger partial charge in [-0.05, 0) is 45.4 Å². The van der Waals surface area contributed by atoms with Crippen molar-refractivity contribution in [3.63, 3.8) is 0 Å². The van der Waals surface area contributed by atoms with Crippen molar-refractivity contribution in [1.82, 2.24) is 24.9 Å². The molecule has 4 heterocycles. The largest absolute Gasteiger partial charge is 0.423 e. The van der Waals surface area contributed by atoms with Gasteiger partial charge in [0.25, 0.3) is 11.9 Å². The van der Waals surface area contributed by atoms with Gasteiger partial charge in [-0.3, -0.25) is 4.79 Å². The van der Waals surface area contributed by atoms with E-state index in [1.165, 1.54) is 10.4 Å². The van der Waals surface area contributed by atoms with Crippen LogP contribution in [0.3, 0.4) is 0 Å². The highest BCUT2D eigenvalue weighted by Gasteiger charge is 2.46. The minimum Gasteiger partial charge on any atom is -0.423 e. The molecule has 2 aliphatic heterocycles. The number of likely N-dealkylation sites (tertiary alicyclic amines) is 1. The Morgan fingerprint density at radius 2 is 1.80 bits per heavy atom. The molecule has 178 valence electrons. The predicted molar refractivity (Wildman–Crippen MR) is 133 cm³/mol. The lowest BCUT2D eigenvalue weighted by atomic mass is 9.82. The molecular weight excluding hydrogens is 440 g/mol. The van der Waals surface area contributed by atoms with Gasteiger partial charge in [-0.15, -0.1) is 0 Å². The maximum atomic E-state index is 13.7. The summed E-state index contributed by atoms with van der Waals surface area (Å²) in [6, 6.07) is 14.9. The van der Waals surface area contributed by atoms with Crippen LogP contribution in [0.4, 0.5) is 6.01 Å². The Morgan fingerprint density at radius 3 is 2.60 bits per heavy atom. The monoisotopic (exact) mass is 468 g/mol. The van der Waals surface area contributed by atoms with Crippen molar-refractivity contribution >= 4 is 11.9 Å². The Balaban J connectivity index is 1.24. The molecule has 8 heteroatoms. The normalized spacial score (nSPS) is 19.4. The second-order valence-electron chi connectivity index (χ2n) is 9.64. The number of benzene rings is 2. The van der Waals surface area contributed by atoms with Gasteiger partial charge in [0.2, 0.25) is 0 Å². The van der Waals surface area contributed by atoms with Gasteiger partial charge in [0, 0.05) is 31.1 Å². The summed E-state index contributed by atoms with van der Waals surface area (Å²) in [6.45, 7) is 8.35. The molecule has 35 heavy (non-hydrogen) atoms. The first kappa shape index (κ1) is 21.6. The number of fused-ring (bicyclic) bond motifs is 1. The number of carbonyl (C=O) groups is 1. The van der Waals surface area contributed by atoms with Crippen LogP contribution >= 0.6 is 0 Å². The maximum Gasteiger partial charge on any atom is 0.298 e. The summed E-state index contributed by atoms with van der Waals surface area (Å²) in [5.41, 5.74) is 5.46. The van der Waals surface area contributed by atoms with Crippen molar-refractivity contribution in [3.8, 4) is 17.0 Å². The zero-order valence-corrected chi connectivity index (χ0v) is 20.2. The molecule has 2 fully saturated rings. The molecule has 0 bridgehead atoms. The third-order valence-corrected chi connectivity index (χ3v) is 7.17. The summed E-state index contributed by atoms with van der Waals surface area (Å²) in [6.07, 6.45) is 4.21. The first-order valence-electron chi connectivity index (χ1n) is 12.1. The number of aryl methyl sites for hydroxylation is 3. The van der Waals surface area contributed by atoms with E-state index in [0.29, 0.717) is 29.7 Å². The van der Waals surface area contributed by atoms with Crippen molar-refractivity contribution in [1.29, 1.82) is 0 Å². The second kappa shape index (κ2) is 8.37. The molecule has 1 amide bonds. The molecule has 0 radical (unpaired) electrons. The van der Waals surface area contributed by atoms with E-state index in [-0.39, 0.29) is 11.9 Å². The van der Waals surface area contributed by atoms with Gasteiger partial charge in [-0.25, -0.2) is 0 Å². The summed E-state index contributed by atoms with van der Waals surface area (Å²) in [5.74, 6) is 1.36. The van der Waals surface area contributed by atoms with Crippen molar-refractivity contribution in [3.05, 3.63) is 77.2 Å². The zero-order chi connectivity index (χ0) is 24.1. The second-order valence-corrected chi connectivity index (χ2v) is 9.64. The number of hydrogen-bond donors (Lipinski definition) is 0. The van der Waals surface area contributed by atoms with E-state index < -0.39 is 0 Å². The van der Waals surface area contributed by atoms with Gasteiger partial charge in [-0.2, -0.15) is 20.0 Å². The van der Waals surface area contributed by atoms with Gasteiger partial charge in [0.15, 0.2) is 5.76 Å². The zero-order valence-electron chi connectivity index (χ0n) is 20.2. The number of piperidine rings is 1. The Labute approximate surface area is 204 Å². The highest BCUT2D eigenvalue weighted by Crippen LogP contribution is 2.39. The summed E-state index contributed by atoms with van der Waals surface area (Å²) >= 11 is 0. The van der Waals surface area contributed by atoms with E-state index in [2.05, 4.69) is 40.2 Å². The fourth-order valence-corrected chi connectivity index (χ4v) is 5.27. The lowest BCUT2D eigenvalue weighted by Gasteiger charge is -2.52. The highest BCUT2D eigenvalue weighted by molar-refractivity contribution is 5.98. The molecule has 6 rings (SSSR count). The minimum atomic E-state index is 0.00957. The fourth-order valence-electron chi connectivity index (χ4n) is 5.27. The molecule has 0 N–H and O–H groups in total. The quantitative estimate of drug-likeness (QED) is 0.447. The van der Waals surface area contributed by atoms with Gasteiger partial charge in [0.05, 0.1) is 35.4 Å². The predicted octanol–water partition coefficient (Wildman–Crippen LogP) is 4.20. The Bertz CT molecular complexity index is 1390. The summed E-state index contributed by atoms with van der Waals surface area (Å²) in [4.78, 5) is 24.1. The number of hydrogen-bond acceptors (Lipinski definition) is 6. The summed E-state index contributed by atoms with van der Waals surface area (Å²) in [7, 11) is 0. The Morgan fingerprint density at radius 1 is 1.00 bits per heavy atom. The van der Waals surface area contributed by atoms with Crippen molar-refractivity contribution in [2.75, 3.05) is 24.5 Å². The van der Waals surface area contributed by atoms with E-state index in [0.717, 1.165) is 42.1 Å². The molecule has 1 unspecified atom stereocenters. The lowest BCUT2D eigenvalue weighted by molar-refractivity contribution is 0.0582. The average molecular weight is 469 g/mol. The van der Waals surface area contributed by atoms with Crippen molar-refractivity contribution in [2.45, 2.75) is 33.2 Å². The minimum absolute atomic E-state index is 0.00957. The van der Waals surface area contributed by atoms with Crippen LogP contribution in [0, 0.1) is 26.7 Å². The van der Waals surface area contributed by atoms with Crippen LogP contribution < -0.4 is 4.90 Å². The molecule has 4 aromatic rings. The summed E-state index contributed by atoms with van der Waals surface area (Å²) in [5, 5.41) is 8.48. The smallest absolute Gasteiger partial charge is 0.298 e. The Hall–Kier alpha value is -3.94. The number of aromatic nitrogens is 4. The van der Waals surface area contributed by atoms with Crippen LogP contribution in [0.2, 0.25) is 0 Å². The van der Waals surface area contributed by atoms with Crippen LogP contribution in [-0.4, -0.2) is 56.5 Å². The van der Waals surface area contributed by atoms with Crippen molar-refractivity contribution < 1.29 is 9.21 Å². The number of nitrogens with zero attached hydrogens (tertiary/aromatic N) is 6. The van der Waals surface area contributed by atoms with Crippen LogP contribution in [0.1, 0.15) is 33.6 Å². The summed E-state index contributed by atoms with van der Waals surface area (Å²) < 4.78 is 6.26. The standard InChI is InChI=1S/C27H28N6O2/c1-17-5-4-6-20(13-17)25-19(3)30-27(35-25)32-15-21-9-12-31(16-24(21)32)26(34)22-14-18(2)7-8-23(22)33-28-10-11-29-33/h4-8,10-11,13-14,21,24H,9,12,15-16H2,1-3H3/t21?,24-/m1/s1. The van der Waals surface area contributed by atoms with Crippen LogP contribution in [0.5, 0.6) is 0 Å². The molecule has 2 aliphatic rings. The van der Waals surface area contributed by atoms with Gasteiger partial charge >= 0.3 is 0 Å². The maximum absolute atomic E-state index is 13.7. The van der Waals surface area contributed by atoms with Gasteiger partial charge in [0.1, 0.15) is 0 Å². The van der Waals surface area contributed by atoms with E-state index in [9.17, 15) is 4.79 Å². The first-order valence-corrected chi connectivity index (χ1v) is 12.1. The molecule has 2 atom stereocenters. The molecule has 0 spiro atoms. The van der Waals surface area contributed by atoms with Gasteiger partial charge in [-0.1, -0.05) is 35.4 Å². The van der Waals surface area contributed by atoms with Crippen LogP contribution in [-0.2, 0) is 0 Å². The van der Waals surface area contributed by atoms with E-state index >= 15 is 0 Å². The molecule has 8 nitrogen and oxygen atoms in total. The molecule has 2 saturated heterocycles. The van der Waals surface area contributed by atoms with E-state index in [1.807, 2.05) is 43.0 Å². The van der Waals surface area contributed by atoms with Gasteiger partial charge < -0.3 is 14.2 Å². The number of anilines is 1. The Kier molecular flexibility index (Phi) is 5.16. The molecular formula is C27H28N6O2. The molecule has 0 saturated carbocycles. The highest BCUT2D eigenvalue weighted by atomic mass is 16.4. The third-order valence-electron chi connectivity index (χ3n) is 7.17.